The number of rotatable bonds is 4. The molecule has 0 spiro atoms. The van der Waals surface area contributed by atoms with Crippen molar-refractivity contribution in [1.82, 2.24) is 4.98 Å². The zero-order chi connectivity index (χ0) is 15.4. The van der Waals surface area contributed by atoms with Gasteiger partial charge in [0.05, 0.1) is 5.69 Å². The highest BCUT2D eigenvalue weighted by molar-refractivity contribution is 5.87. The van der Waals surface area contributed by atoms with Gasteiger partial charge in [-0.15, -0.1) is 0 Å². The van der Waals surface area contributed by atoms with E-state index < -0.39 is 5.97 Å². The van der Waals surface area contributed by atoms with Crippen LogP contribution in [-0.2, 0) is 11.3 Å². The SMILES string of the molecule is O=C(OCc1ccccn1)c1ccc(-c2ccc(F)cc2)o1. The summed E-state index contributed by atoms with van der Waals surface area (Å²) in [5, 5.41) is 0. The van der Waals surface area contributed by atoms with Crippen LogP contribution in [0.5, 0.6) is 0 Å². The normalized spacial score (nSPS) is 10.4. The van der Waals surface area contributed by atoms with Crippen molar-refractivity contribution < 1.29 is 18.3 Å². The number of benzene rings is 1. The van der Waals surface area contributed by atoms with E-state index in [0.29, 0.717) is 17.0 Å². The standard InChI is InChI=1S/C17H12FNO3/c18-13-6-4-12(5-7-13)15-8-9-16(22-15)17(20)21-11-14-3-1-2-10-19-14/h1-10H,11H2. The average molecular weight is 297 g/mol. The molecule has 2 aromatic heterocycles. The molecular weight excluding hydrogens is 285 g/mol. The quantitative estimate of drug-likeness (QED) is 0.687. The van der Waals surface area contributed by atoms with Gasteiger partial charge >= 0.3 is 5.97 Å². The number of ether oxygens (including phenoxy) is 1. The van der Waals surface area contributed by atoms with Crippen molar-refractivity contribution >= 4 is 5.97 Å². The van der Waals surface area contributed by atoms with Crippen molar-refractivity contribution in [2.45, 2.75) is 6.61 Å². The largest absolute Gasteiger partial charge is 0.453 e. The van der Waals surface area contributed by atoms with E-state index in [-0.39, 0.29) is 18.2 Å². The first-order valence-corrected chi connectivity index (χ1v) is 6.65. The Bertz CT molecular complexity index is 766. The Morgan fingerprint density at radius 3 is 2.64 bits per heavy atom. The molecule has 0 unspecified atom stereocenters. The van der Waals surface area contributed by atoms with Crippen LogP contribution in [0.25, 0.3) is 11.3 Å². The molecule has 4 nitrogen and oxygen atoms in total. The molecule has 22 heavy (non-hydrogen) atoms. The first-order valence-electron chi connectivity index (χ1n) is 6.65. The summed E-state index contributed by atoms with van der Waals surface area (Å²) in [6.45, 7) is 0.0756. The minimum Gasteiger partial charge on any atom is -0.453 e. The molecule has 110 valence electrons. The highest BCUT2D eigenvalue weighted by Gasteiger charge is 2.14. The molecule has 0 saturated carbocycles. The van der Waals surface area contributed by atoms with Crippen LogP contribution in [0.2, 0.25) is 0 Å². The van der Waals surface area contributed by atoms with Crippen molar-refractivity contribution in [3.63, 3.8) is 0 Å². The Morgan fingerprint density at radius 2 is 1.91 bits per heavy atom. The second-order valence-corrected chi connectivity index (χ2v) is 4.57. The second kappa shape index (κ2) is 6.22. The van der Waals surface area contributed by atoms with Crippen molar-refractivity contribution in [1.29, 1.82) is 0 Å². The number of furan rings is 1. The third kappa shape index (κ3) is 3.20. The third-order valence-corrected chi connectivity index (χ3v) is 3.01. The summed E-state index contributed by atoms with van der Waals surface area (Å²) in [6.07, 6.45) is 1.63. The monoisotopic (exact) mass is 297 g/mol. The number of carbonyl (C=O) groups is 1. The Hall–Kier alpha value is -2.95. The molecule has 0 bridgehead atoms. The lowest BCUT2D eigenvalue weighted by molar-refractivity contribution is 0.0432. The molecule has 1 aromatic carbocycles. The molecule has 0 amide bonds. The smallest absolute Gasteiger partial charge is 0.374 e. The molecule has 3 rings (SSSR count). The maximum atomic E-state index is 12.9. The van der Waals surface area contributed by atoms with Crippen LogP contribution in [0.1, 0.15) is 16.2 Å². The van der Waals surface area contributed by atoms with Gasteiger partial charge in [-0.05, 0) is 48.5 Å². The van der Waals surface area contributed by atoms with Gasteiger partial charge in [-0.1, -0.05) is 6.07 Å². The van der Waals surface area contributed by atoms with Gasteiger partial charge in [0.15, 0.2) is 0 Å². The molecule has 0 atom stereocenters. The van der Waals surface area contributed by atoms with Gasteiger partial charge in [0.25, 0.3) is 0 Å². The van der Waals surface area contributed by atoms with Crippen LogP contribution in [-0.4, -0.2) is 11.0 Å². The first kappa shape index (κ1) is 14.0. The van der Waals surface area contributed by atoms with Gasteiger partial charge in [-0.25, -0.2) is 9.18 Å². The zero-order valence-electron chi connectivity index (χ0n) is 11.5. The van der Waals surface area contributed by atoms with Crippen molar-refractivity contribution in [3.8, 4) is 11.3 Å². The summed E-state index contributed by atoms with van der Waals surface area (Å²) >= 11 is 0. The maximum absolute atomic E-state index is 12.9. The number of halogens is 1. The lowest BCUT2D eigenvalue weighted by Gasteiger charge is -2.02. The van der Waals surface area contributed by atoms with E-state index >= 15 is 0 Å². The van der Waals surface area contributed by atoms with E-state index in [2.05, 4.69) is 4.98 Å². The van der Waals surface area contributed by atoms with Crippen molar-refractivity contribution in [2.24, 2.45) is 0 Å². The molecule has 2 heterocycles. The van der Waals surface area contributed by atoms with Gasteiger partial charge in [-0.2, -0.15) is 0 Å². The van der Waals surface area contributed by atoms with Crippen LogP contribution in [0, 0.1) is 5.82 Å². The Morgan fingerprint density at radius 1 is 1.09 bits per heavy atom. The number of hydrogen-bond donors (Lipinski definition) is 0. The van der Waals surface area contributed by atoms with Gasteiger partial charge in [0.1, 0.15) is 18.2 Å². The van der Waals surface area contributed by atoms with Crippen LogP contribution in [0.15, 0.2) is 65.2 Å². The van der Waals surface area contributed by atoms with Gasteiger partial charge in [-0.3, -0.25) is 4.98 Å². The lowest BCUT2D eigenvalue weighted by Crippen LogP contribution is -2.04. The van der Waals surface area contributed by atoms with Gasteiger partial charge < -0.3 is 9.15 Å². The number of esters is 1. The highest BCUT2D eigenvalue weighted by atomic mass is 19.1. The number of pyridine rings is 1. The fourth-order valence-electron chi connectivity index (χ4n) is 1.91. The zero-order valence-corrected chi connectivity index (χ0v) is 11.5. The minimum atomic E-state index is -0.570. The van der Waals surface area contributed by atoms with E-state index in [1.165, 1.54) is 18.2 Å². The first-order chi connectivity index (χ1) is 10.7. The molecule has 0 radical (unpaired) electrons. The molecule has 0 fully saturated rings. The van der Waals surface area contributed by atoms with E-state index in [1.54, 1.807) is 36.5 Å². The number of hydrogen-bond acceptors (Lipinski definition) is 4. The lowest BCUT2D eigenvalue weighted by atomic mass is 10.2. The third-order valence-electron chi connectivity index (χ3n) is 3.01. The van der Waals surface area contributed by atoms with Crippen LogP contribution >= 0.6 is 0 Å². The summed E-state index contributed by atoms with van der Waals surface area (Å²) in [5.74, 6) is -0.329. The molecule has 5 heteroatoms. The molecule has 0 aliphatic rings. The number of nitrogens with zero attached hydrogens (tertiary/aromatic N) is 1. The Kier molecular flexibility index (Phi) is 3.96. The van der Waals surface area contributed by atoms with Crippen LogP contribution in [0.3, 0.4) is 0 Å². The number of carbonyl (C=O) groups excluding carboxylic acids is 1. The summed E-state index contributed by atoms with van der Waals surface area (Å²) in [5.41, 5.74) is 1.34. The van der Waals surface area contributed by atoms with E-state index in [9.17, 15) is 9.18 Å². The van der Waals surface area contributed by atoms with E-state index in [0.717, 1.165) is 0 Å². The Labute approximate surface area is 126 Å². The number of aromatic nitrogens is 1. The molecule has 0 aliphatic carbocycles. The van der Waals surface area contributed by atoms with Gasteiger partial charge in [0, 0.05) is 11.8 Å². The second-order valence-electron chi connectivity index (χ2n) is 4.57. The van der Waals surface area contributed by atoms with E-state index in [4.69, 9.17) is 9.15 Å². The van der Waals surface area contributed by atoms with Crippen molar-refractivity contribution in [2.75, 3.05) is 0 Å². The maximum Gasteiger partial charge on any atom is 0.374 e. The van der Waals surface area contributed by atoms with Gasteiger partial charge in [0.2, 0.25) is 5.76 Å². The summed E-state index contributed by atoms with van der Waals surface area (Å²) < 4.78 is 23.5. The summed E-state index contributed by atoms with van der Waals surface area (Å²) in [6, 6.07) is 14.4. The fourth-order valence-corrected chi connectivity index (χ4v) is 1.91. The average Bonchev–Trinajstić information content (AvgIpc) is 3.04. The topological polar surface area (TPSA) is 52.3 Å². The predicted octanol–water partition coefficient (Wildman–Crippen LogP) is 3.84. The van der Waals surface area contributed by atoms with Crippen LogP contribution < -0.4 is 0 Å². The summed E-state index contributed by atoms with van der Waals surface area (Å²) in [4.78, 5) is 16.0. The molecule has 3 aromatic rings. The summed E-state index contributed by atoms with van der Waals surface area (Å²) in [7, 11) is 0. The molecule has 0 N–H and O–H groups in total. The minimum absolute atomic E-state index is 0.0756. The van der Waals surface area contributed by atoms with E-state index in [1.807, 2.05) is 6.07 Å². The molecule has 0 aliphatic heterocycles. The predicted molar refractivity (Wildman–Crippen MR) is 77.5 cm³/mol. The molecule has 0 saturated heterocycles. The van der Waals surface area contributed by atoms with Crippen LogP contribution in [0.4, 0.5) is 4.39 Å². The Balaban J connectivity index is 1.68. The highest BCUT2D eigenvalue weighted by Crippen LogP contribution is 2.22. The fraction of sp³-hybridized carbons (Fsp3) is 0.0588. The molecular formula is C17H12FNO3. The van der Waals surface area contributed by atoms with Crippen molar-refractivity contribution in [3.05, 3.63) is 78.1 Å².